The zero-order chi connectivity index (χ0) is 12.9. The van der Waals surface area contributed by atoms with Gasteiger partial charge < -0.3 is 14.7 Å². The second-order valence-corrected chi connectivity index (χ2v) is 5.12. The number of nitrogens with one attached hydrogen (secondary N) is 1. The summed E-state index contributed by atoms with van der Waals surface area (Å²) in [6, 6.07) is 0. The van der Waals surface area contributed by atoms with E-state index in [9.17, 15) is 9.90 Å². The van der Waals surface area contributed by atoms with Gasteiger partial charge in [-0.3, -0.25) is 9.89 Å². The van der Waals surface area contributed by atoms with E-state index in [4.69, 9.17) is 4.74 Å². The Bertz CT molecular complexity index is 479. The largest absolute Gasteiger partial charge is 0.389 e. The minimum absolute atomic E-state index is 0.0558. The third-order valence-electron chi connectivity index (χ3n) is 3.59. The third kappa shape index (κ3) is 1.72. The lowest BCUT2D eigenvalue weighted by Gasteiger charge is -2.35. The molecule has 18 heavy (non-hydrogen) atoms. The molecule has 1 fully saturated rings. The van der Waals surface area contributed by atoms with Crippen molar-refractivity contribution < 1.29 is 14.6 Å². The van der Waals surface area contributed by atoms with Crippen LogP contribution in [0.25, 0.3) is 0 Å². The lowest BCUT2D eigenvalue weighted by Crippen LogP contribution is -2.53. The van der Waals surface area contributed by atoms with Gasteiger partial charge in [0.05, 0.1) is 24.0 Å². The highest BCUT2D eigenvalue weighted by molar-refractivity contribution is 5.94. The van der Waals surface area contributed by atoms with E-state index in [2.05, 4.69) is 10.2 Å². The first-order chi connectivity index (χ1) is 8.56. The summed E-state index contributed by atoms with van der Waals surface area (Å²) in [5.41, 5.74) is 2.35. The molecule has 0 unspecified atom stereocenters. The van der Waals surface area contributed by atoms with Gasteiger partial charge in [-0.1, -0.05) is 0 Å². The molecular formula is C12H17N3O3. The zero-order valence-corrected chi connectivity index (χ0v) is 10.5. The molecule has 0 spiro atoms. The number of hydrogen-bond acceptors (Lipinski definition) is 4. The molecule has 0 bridgehead atoms. The quantitative estimate of drug-likeness (QED) is 0.750. The van der Waals surface area contributed by atoms with Crippen LogP contribution in [0.15, 0.2) is 0 Å². The Kier molecular flexibility index (Phi) is 2.64. The number of fused-ring (bicyclic) bond motifs is 1. The van der Waals surface area contributed by atoms with Crippen LogP contribution in [0, 0.1) is 0 Å². The standard InChI is InChI=1S/C12H17N3O3/c1-6-3-9-10(7(2)18-6)13-14-11(9)12(17)15-4-8(16)5-15/h6-8,16H,3-5H2,1-2H3,(H,13,14)/t6-,7+/m1/s1. The number of H-pyrrole nitrogens is 1. The first-order valence-electron chi connectivity index (χ1n) is 6.26. The van der Waals surface area contributed by atoms with Crippen LogP contribution in [0.3, 0.4) is 0 Å². The maximum Gasteiger partial charge on any atom is 0.274 e. The van der Waals surface area contributed by atoms with Gasteiger partial charge in [-0.15, -0.1) is 0 Å². The van der Waals surface area contributed by atoms with Crippen molar-refractivity contribution in [1.29, 1.82) is 0 Å². The molecule has 6 nitrogen and oxygen atoms in total. The van der Waals surface area contributed by atoms with Gasteiger partial charge in [-0.25, -0.2) is 0 Å². The maximum atomic E-state index is 12.2. The number of aromatic amines is 1. The van der Waals surface area contributed by atoms with Crippen LogP contribution < -0.4 is 0 Å². The maximum absolute atomic E-state index is 12.2. The van der Waals surface area contributed by atoms with E-state index < -0.39 is 0 Å². The first kappa shape index (κ1) is 11.7. The second kappa shape index (κ2) is 4.07. The van der Waals surface area contributed by atoms with Crippen molar-refractivity contribution in [3.05, 3.63) is 17.0 Å². The number of aromatic nitrogens is 2. The number of likely N-dealkylation sites (tertiary alicyclic amines) is 1. The molecule has 3 rings (SSSR count). The van der Waals surface area contributed by atoms with Gasteiger partial charge >= 0.3 is 0 Å². The molecule has 0 saturated carbocycles. The normalized spacial score (nSPS) is 27.8. The molecule has 2 atom stereocenters. The van der Waals surface area contributed by atoms with Crippen molar-refractivity contribution >= 4 is 5.91 Å². The predicted molar refractivity (Wildman–Crippen MR) is 63.2 cm³/mol. The molecule has 1 amide bonds. The van der Waals surface area contributed by atoms with Gasteiger partial charge in [0.2, 0.25) is 0 Å². The Morgan fingerprint density at radius 1 is 1.50 bits per heavy atom. The van der Waals surface area contributed by atoms with Crippen LogP contribution in [0.1, 0.15) is 41.7 Å². The van der Waals surface area contributed by atoms with E-state index in [0.717, 1.165) is 11.3 Å². The van der Waals surface area contributed by atoms with Crippen molar-refractivity contribution in [2.75, 3.05) is 13.1 Å². The molecule has 1 aromatic heterocycles. The van der Waals surface area contributed by atoms with Gasteiger partial charge in [-0.05, 0) is 13.8 Å². The van der Waals surface area contributed by atoms with Gasteiger partial charge in [0.25, 0.3) is 5.91 Å². The summed E-state index contributed by atoms with van der Waals surface area (Å²) in [4.78, 5) is 13.8. The van der Waals surface area contributed by atoms with Crippen molar-refractivity contribution in [3.8, 4) is 0 Å². The number of aliphatic hydroxyl groups is 1. The molecule has 0 aromatic carbocycles. The number of β-amino-alcohol motifs (C(OH)–C–C–N with tert-alkyl or cyclic N) is 1. The summed E-state index contributed by atoms with van der Waals surface area (Å²) < 4.78 is 5.69. The molecule has 1 aromatic rings. The molecule has 0 radical (unpaired) electrons. The van der Waals surface area contributed by atoms with E-state index in [1.165, 1.54) is 0 Å². The summed E-state index contributed by atoms with van der Waals surface area (Å²) in [6.45, 7) is 4.76. The highest BCUT2D eigenvalue weighted by Gasteiger charge is 2.35. The molecule has 98 valence electrons. The van der Waals surface area contributed by atoms with E-state index >= 15 is 0 Å². The van der Waals surface area contributed by atoms with E-state index in [0.29, 0.717) is 25.2 Å². The van der Waals surface area contributed by atoms with E-state index in [1.54, 1.807) is 4.90 Å². The second-order valence-electron chi connectivity index (χ2n) is 5.12. The van der Waals surface area contributed by atoms with Crippen molar-refractivity contribution in [1.82, 2.24) is 15.1 Å². The molecule has 2 aliphatic heterocycles. The van der Waals surface area contributed by atoms with Gasteiger partial charge in [0, 0.05) is 25.1 Å². The van der Waals surface area contributed by atoms with Crippen molar-refractivity contribution in [3.63, 3.8) is 0 Å². The number of nitrogens with zero attached hydrogens (tertiary/aromatic N) is 2. The predicted octanol–water partition coefficient (Wildman–Crippen LogP) is 0.249. The highest BCUT2D eigenvalue weighted by atomic mass is 16.5. The monoisotopic (exact) mass is 251 g/mol. The van der Waals surface area contributed by atoms with E-state index in [1.807, 2.05) is 13.8 Å². The Labute approximate surface area is 105 Å². The molecular weight excluding hydrogens is 234 g/mol. The number of ether oxygens (including phenoxy) is 1. The minimum atomic E-state index is -0.384. The Morgan fingerprint density at radius 3 is 2.89 bits per heavy atom. The number of aliphatic hydroxyl groups excluding tert-OH is 1. The number of rotatable bonds is 1. The minimum Gasteiger partial charge on any atom is -0.389 e. The van der Waals surface area contributed by atoms with Crippen LogP contribution in [0.5, 0.6) is 0 Å². The van der Waals surface area contributed by atoms with Crippen LogP contribution in [-0.2, 0) is 11.2 Å². The van der Waals surface area contributed by atoms with Gasteiger partial charge in [-0.2, -0.15) is 5.10 Å². The van der Waals surface area contributed by atoms with Crippen LogP contribution in [0.2, 0.25) is 0 Å². The zero-order valence-electron chi connectivity index (χ0n) is 10.5. The number of hydrogen-bond donors (Lipinski definition) is 2. The molecule has 2 aliphatic rings. The van der Waals surface area contributed by atoms with E-state index in [-0.39, 0.29) is 24.2 Å². The highest BCUT2D eigenvalue weighted by Crippen LogP contribution is 2.31. The van der Waals surface area contributed by atoms with Crippen LogP contribution in [0.4, 0.5) is 0 Å². The Hall–Kier alpha value is -1.40. The molecule has 2 N–H and O–H groups in total. The lowest BCUT2D eigenvalue weighted by molar-refractivity contribution is -0.00761. The Morgan fingerprint density at radius 2 is 2.22 bits per heavy atom. The van der Waals surface area contributed by atoms with Gasteiger partial charge in [0.1, 0.15) is 0 Å². The summed E-state index contributed by atoms with van der Waals surface area (Å²) >= 11 is 0. The Balaban J connectivity index is 1.88. The van der Waals surface area contributed by atoms with Crippen LogP contribution >= 0.6 is 0 Å². The number of amides is 1. The number of carbonyl (C=O) groups is 1. The fraction of sp³-hybridized carbons (Fsp3) is 0.667. The smallest absolute Gasteiger partial charge is 0.274 e. The molecule has 1 saturated heterocycles. The molecule has 0 aliphatic carbocycles. The third-order valence-corrected chi connectivity index (χ3v) is 3.59. The fourth-order valence-corrected chi connectivity index (χ4v) is 2.62. The lowest BCUT2D eigenvalue weighted by atomic mass is 9.98. The first-order valence-corrected chi connectivity index (χ1v) is 6.26. The van der Waals surface area contributed by atoms with Crippen LogP contribution in [-0.4, -0.2) is 51.4 Å². The average Bonchev–Trinajstić information content (AvgIpc) is 2.67. The van der Waals surface area contributed by atoms with Crippen molar-refractivity contribution in [2.45, 2.75) is 38.6 Å². The molecule has 6 heteroatoms. The number of carbonyl (C=O) groups excluding carboxylic acids is 1. The fourth-order valence-electron chi connectivity index (χ4n) is 2.62. The SMILES string of the molecule is C[C@@H]1Cc2c(C(=O)N3CC(O)C3)n[nH]c2[C@H](C)O1. The summed E-state index contributed by atoms with van der Waals surface area (Å²) in [6.07, 6.45) is 0.358. The summed E-state index contributed by atoms with van der Waals surface area (Å²) in [5.74, 6) is -0.0981. The van der Waals surface area contributed by atoms with Crippen molar-refractivity contribution in [2.24, 2.45) is 0 Å². The topological polar surface area (TPSA) is 78.5 Å². The van der Waals surface area contributed by atoms with Gasteiger partial charge in [0.15, 0.2) is 5.69 Å². The summed E-state index contributed by atoms with van der Waals surface area (Å²) in [7, 11) is 0. The molecule has 3 heterocycles. The summed E-state index contributed by atoms with van der Waals surface area (Å²) in [5, 5.41) is 16.3. The average molecular weight is 251 g/mol.